The maximum Gasteiger partial charge on any atom is 0.358 e. The lowest BCUT2D eigenvalue weighted by atomic mass is 10.0. The van der Waals surface area contributed by atoms with Gasteiger partial charge in [0.15, 0.2) is 17.4 Å². The van der Waals surface area contributed by atoms with Crippen LogP contribution < -0.4 is 10.6 Å². The maximum absolute atomic E-state index is 12.3. The van der Waals surface area contributed by atoms with Gasteiger partial charge in [-0.25, -0.2) is 9.78 Å². The molecular weight excluding hydrogens is 436 g/mol. The number of hydrogen-bond acceptors (Lipinski definition) is 7. The van der Waals surface area contributed by atoms with Gasteiger partial charge in [0.25, 0.3) is 5.91 Å². The molecule has 4 rings (SSSR count). The second-order valence-corrected chi connectivity index (χ2v) is 8.91. The van der Waals surface area contributed by atoms with Crippen molar-refractivity contribution in [2.75, 3.05) is 25.0 Å². The smallest absolute Gasteiger partial charge is 0.358 e. The Balaban J connectivity index is 1.14. The highest BCUT2D eigenvalue weighted by Crippen LogP contribution is 2.17. The molecule has 0 atom stereocenters. The minimum absolute atomic E-state index is 0.108. The fourth-order valence-corrected chi connectivity index (χ4v) is 4.45. The number of rotatable bonds is 9. The molecule has 8 heteroatoms. The molecule has 2 N–H and O–H groups in total. The number of hydrogen-bond donors (Lipinski definition) is 2. The molecule has 7 nitrogen and oxygen atoms in total. The van der Waals surface area contributed by atoms with Gasteiger partial charge in [0.05, 0.1) is 0 Å². The van der Waals surface area contributed by atoms with Crippen molar-refractivity contribution < 1.29 is 14.3 Å². The first-order chi connectivity index (χ1) is 16.2. The Kier molecular flexibility index (Phi) is 8.05. The number of anilines is 1. The third-order valence-corrected chi connectivity index (χ3v) is 6.34. The Morgan fingerprint density at radius 3 is 2.36 bits per heavy atom. The van der Waals surface area contributed by atoms with Gasteiger partial charge >= 0.3 is 5.97 Å². The number of benzene rings is 2. The van der Waals surface area contributed by atoms with Gasteiger partial charge in [-0.3, -0.25) is 9.69 Å². The highest BCUT2D eigenvalue weighted by atomic mass is 32.1. The first-order valence-corrected chi connectivity index (χ1v) is 12.0. The Morgan fingerprint density at radius 1 is 1.00 bits per heavy atom. The lowest BCUT2D eigenvalue weighted by Gasteiger charge is -2.32. The number of thiazole rings is 1. The zero-order valence-electron chi connectivity index (χ0n) is 18.4. The van der Waals surface area contributed by atoms with Gasteiger partial charge in [0.1, 0.15) is 0 Å². The Labute approximate surface area is 197 Å². The van der Waals surface area contributed by atoms with Crippen LogP contribution in [-0.2, 0) is 22.6 Å². The van der Waals surface area contributed by atoms with Crippen LogP contribution in [0.3, 0.4) is 0 Å². The lowest BCUT2D eigenvalue weighted by Crippen LogP contribution is -2.45. The van der Waals surface area contributed by atoms with Crippen molar-refractivity contribution in [1.29, 1.82) is 0 Å². The fraction of sp³-hybridized carbons (Fsp3) is 0.320. The van der Waals surface area contributed by atoms with Crippen molar-refractivity contribution in [3.05, 3.63) is 82.9 Å². The van der Waals surface area contributed by atoms with Crippen molar-refractivity contribution in [2.24, 2.45) is 0 Å². The second kappa shape index (κ2) is 11.6. The van der Waals surface area contributed by atoms with Gasteiger partial charge in [-0.15, -0.1) is 11.3 Å². The van der Waals surface area contributed by atoms with E-state index in [9.17, 15) is 9.59 Å². The summed E-state index contributed by atoms with van der Waals surface area (Å²) in [6.45, 7) is 3.10. The van der Waals surface area contributed by atoms with Crippen LogP contribution in [-0.4, -0.2) is 47.5 Å². The van der Waals surface area contributed by atoms with Gasteiger partial charge in [0.2, 0.25) is 0 Å². The number of ether oxygens (including phenoxy) is 1. The molecule has 172 valence electrons. The van der Waals surface area contributed by atoms with Crippen LogP contribution in [0.5, 0.6) is 0 Å². The standard InChI is InChI=1S/C25H28N4O3S/c30-23(27-21-11-13-29(14-12-21)16-20-9-5-2-6-10-20)17-32-24(31)22-18-33-25(28-22)26-15-19-7-3-1-4-8-19/h1-10,18,21H,11-17H2,(H,26,28)(H,27,30). The first kappa shape index (κ1) is 22.9. The summed E-state index contributed by atoms with van der Waals surface area (Å²) < 4.78 is 5.16. The van der Waals surface area contributed by atoms with E-state index in [1.165, 1.54) is 16.9 Å². The Hall–Kier alpha value is -3.23. The molecule has 1 aromatic heterocycles. The number of amides is 1. The zero-order valence-corrected chi connectivity index (χ0v) is 19.2. The second-order valence-electron chi connectivity index (χ2n) is 8.06. The van der Waals surface area contributed by atoms with Crippen LogP contribution in [0.2, 0.25) is 0 Å². The van der Waals surface area contributed by atoms with E-state index < -0.39 is 5.97 Å². The summed E-state index contributed by atoms with van der Waals surface area (Å²) in [5.41, 5.74) is 2.63. The molecule has 0 spiro atoms. The largest absolute Gasteiger partial charge is 0.451 e. The highest BCUT2D eigenvalue weighted by Gasteiger charge is 2.21. The molecule has 0 saturated carbocycles. The minimum Gasteiger partial charge on any atom is -0.451 e. The van der Waals surface area contributed by atoms with Crippen LogP contribution >= 0.6 is 11.3 Å². The SMILES string of the molecule is O=C(COC(=O)c1csc(NCc2ccccc2)n1)NC1CCN(Cc2ccccc2)CC1. The predicted molar refractivity (Wildman–Crippen MR) is 129 cm³/mol. The number of esters is 1. The summed E-state index contributed by atoms with van der Waals surface area (Å²) in [7, 11) is 0. The van der Waals surface area contributed by atoms with Crippen LogP contribution in [0.1, 0.15) is 34.5 Å². The molecule has 0 bridgehead atoms. The topological polar surface area (TPSA) is 83.6 Å². The van der Waals surface area contributed by atoms with E-state index in [4.69, 9.17) is 4.74 Å². The predicted octanol–water partition coefficient (Wildman–Crippen LogP) is 3.69. The van der Waals surface area contributed by atoms with E-state index in [0.717, 1.165) is 38.0 Å². The number of piperidine rings is 1. The number of nitrogens with one attached hydrogen (secondary N) is 2. The number of nitrogens with zero attached hydrogens (tertiary/aromatic N) is 2. The quantitative estimate of drug-likeness (QED) is 0.470. The van der Waals surface area contributed by atoms with E-state index in [1.54, 1.807) is 5.38 Å². The summed E-state index contributed by atoms with van der Waals surface area (Å²) >= 11 is 1.33. The summed E-state index contributed by atoms with van der Waals surface area (Å²) in [4.78, 5) is 31.2. The van der Waals surface area contributed by atoms with E-state index in [0.29, 0.717) is 11.7 Å². The van der Waals surface area contributed by atoms with Gasteiger partial charge in [0, 0.05) is 37.6 Å². The average Bonchev–Trinajstić information content (AvgIpc) is 3.33. The summed E-state index contributed by atoms with van der Waals surface area (Å²) in [6.07, 6.45) is 1.77. The molecular formula is C25H28N4O3S. The number of carbonyl (C=O) groups excluding carboxylic acids is 2. The number of carbonyl (C=O) groups is 2. The summed E-state index contributed by atoms with van der Waals surface area (Å²) in [5, 5.41) is 8.44. The molecule has 0 unspecified atom stereocenters. The van der Waals surface area contributed by atoms with Crippen LogP contribution in [0, 0.1) is 0 Å². The van der Waals surface area contributed by atoms with E-state index in [1.807, 2.05) is 36.4 Å². The molecule has 33 heavy (non-hydrogen) atoms. The van der Waals surface area contributed by atoms with Crippen molar-refractivity contribution in [2.45, 2.75) is 32.0 Å². The molecule has 1 amide bonds. The van der Waals surface area contributed by atoms with Gasteiger partial charge in [-0.1, -0.05) is 60.7 Å². The Bertz CT molecular complexity index is 1030. The van der Waals surface area contributed by atoms with Crippen molar-refractivity contribution in [3.63, 3.8) is 0 Å². The molecule has 0 aliphatic carbocycles. The van der Waals surface area contributed by atoms with Gasteiger partial charge < -0.3 is 15.4 Å². The fourth-order valence-electron chi connectivity index (χ4n) is 3.77. The zero-order chi connectivity index (χ0) is 22.9. The molecule has 2 heterocycles. The molecule has 1 saturated heterocycles. The van der Waals surface area contributed by atoms with E-state index in [-0.39, 0.29) is 24.2 Å². The Morgan fingerprint density at radius 2 is 1.67 bits per heavy atom. The summed E-state index contributed by atoms with van der Waals surface area (Å²) in [6, 6.07) is 20.4. The van der Waals surface area contributed by atoms with Crippen molar-refractivity contribution in [3.8, 4) is 0 Å². The van der Waals surface area contributed by atoms with Crippen LogP contribution in [0.15, 0.2) is 66.0 Å². The highest BCUT2D eigenvalue weighted by molar-refractivity contribution is 7.13. The minimum atomic E-state index is -0.591. The van der Waals surface area contributed by atoms with Crippen molar-refractivity contribution >= 4 is 28.3 Å². The third-order valence-electron chi connectivity index (χ3n) is 5.54. The molecule has 3 aromatic rings. The first-order valence-electron chi connectivity index (χ1n) is 11.1. The number of aromatic nitrogens is 1. The molecule has 2 aromatic carbocycles. The maximum atomic E-state index is 12.3. The molecule has 1 aliphatic rings. The summed E-state index contributed by atoms with van der Waals surface area (Å²) in [5.74, 6) is -0.866. The van der Waals surface area contributed by atoms with E-state index >= 15 is 0 Å². The number of likely N-dealkylation sites (tertiary alicyclic amines) is 1. The van der Waals surface area contributed by atoms with Crippen LogP contribution in [0.4, 0.5) is 5.13 Å². The lowest BCUT2D eigenvalue weighted by molar-refractivity contribution is -0.125. The molecule has 0 radical (unpaired) electrons. The van der Waals surface area contributed by atoms with Crippen LogP contribution in [0.25, 0.3) is 0 Å². The van der Waals surface area contributed by atoms with Gasteiger partial charge in [-0.05, 0) is 24.0 Å². The average molecular weight is 465 g/mol. The van der Waals surface area contributed by atoms with Crippen molar-refractivity contribution in [1.82, 2.24) is 15.2 Å². The normalized spacial score (nSPS) is 14.5. The van der Waals surface area contributed by atoms with Gasteiger partial charge in [-0.2, -0.15) is 0 Å². The monoisotopic (exact) mass is 464 g/mol. The molecule has 1 aliphatic heterocycles. The van der Waals surface area contributed by atoms with E-state index in [2.05, 4.69) is 44.8 Å². The third kappa shape index (κ3) is 7.13. The molecule has 1 fully saturated rings.